The molecule has 0 spiro atoms. The van der Waals surface area contributed by atoms with Crippen LogP contribution >= 0.6 is 0 Å². The Morgan fingerprint density at radius 2 is 1.59 bits per heavy atom. The first kappa shape index (κ1) is 24.8. The molecule has 0 radical (unpaired) electrons. The number of benzene rings is 3. The summed E-state index contributed by atoms with van der Waals surface area (Å²) in [5.74, 6) is -3.29. The number of hydrogen-bond acceptors (Lipinski definition) is 5. The third-order valence-electron chi connectivity index (χ3n) is 5.00. The molecule has 0 aliphatic carbocycles. The summed E-state index contributed by atoms with van der Waals surface area (Å²) in [6.07, 6.45) is -1.31. The normalized spacial score (nSPS) is 12.0. The molecule has 3 aromatic carbocycles. The molecule has 0 heterocycles. The highest BCUT2D eigenvalue weighted by atomic mass is 32.2. The van der Waals surface area contributed by atoms with Gasteiger partial charge in [0.2, 0.25) is 0 Å². The summed E-state index contributed by atoms with van der Waals surface area (Å²) in [6.45, 7) is 4.96. The summed E-state index contributed by atoms with van der Waals surface area (Å²) >= 11 is 0. The Morgan fingerprint density at radius 3 is 2.24 bits per heavy atom. The van der Waals surface area contributed by atoms with Crippen LogP contribution in [0.1, 0.15) is 28.4 Å². The molecule has 0 fully saturated rings. The standard InChI is InChI=1S/C24H22F2N2O5S/c1-14-4-10-20(12-15(14)2)34(31,32)28-19-8-5-17(6-9-19)24(30)33-16(3)23(29)27-22-13-18(25)7-11-21(22)26/h4-13,16,28H,1-3H3,(H,27,29). The quantitative estimate of drug-likeness (QED) is 0.475. The Kier molecular flexibility index (Phi) is 7.31. The third-order valence-corrected chi connectivity index (χ3v) is 6.38. The molecule has 3 rings (SSSR count). The summed E-state index contributed by atoms with van der Waals surface area (Å²) in [7, 11) is -3.83. The average Bonchev–Trinajstić information content (AvgIpc) is 2.78. The molecular weight excluding hydrogens is 466 g/mol. The molecule has 0 saturated carbocycles. The van der Waals surface area contributed by atoms with Crippen molar-refractivity contribution in [3.05, 3.63) is 89.0 Å². The van der Waals surface area contributed by atoms with Gasteiger partial charge < -0.3 is 10.1 Å². The van der Waals surface area contributed by atoms with Gasteiger partial charge in [0.25, 0.3) is 15.9 Å². The Hall–Kier alpha value is -3.79. The highest BCUT2D eigenvalue weighted by molar-refractivity contribution is 7.92. The summed E-state index contributed by atoms with van der Waals surface area (Å²) in [6, 6.07) is 12.8. The number of hydrogen-bond donors (Lipinski definition) is 2. The van der Waals surface area contributed by atoms with Crippen molar-refractivity contribution in [2.75, 3.05) is 10.0 Å². The SMILES string of the molecule is Cc1ccc(S(=O)(=O)Nc2ccc(C(=O)OC(C)C(=O)Nc3cc(F)ccc3F)cc2)cc1C. The minimum absolute atomic E-state index is 0.0608. The molecule has 3 aromatic rings. The second-order valence-corrected chi connectivity index (χ2v) is 9.27. The zero-order valence-corrected chi connectivity index (χ0v) is 19.4. The first-order valence-corrected chi connectivity index (χ1v) is 11.6. The second kappa shape index (κ2) is 10.0. The van der Waals surface area contributed by atoms with Crippen molar-refractivity contribution in [3.8, 4) is 0 Å². The summed E-state index contributed by atoms with van der Waals surface area (Å²) in [4.78, 5) is 24.6. The number of halogens is 2. The molecular formula is C24H22F2N2O5S. The Morgan fingerprint density at radius 1 is 0.912 bits per heavy atom. The van der Waals surface area contributed by atoms with Gasteiger partial charge in [-0.1, -0.05) is 6.07 Å². The van der Waals surface area contributed by atoms with E-state index in [1.54, 1.807) is 12.1 Å². The number of nitrogens with one attached hydrogen (secondary N) is 2. The van der Waals surface area contributed by atoms with Crippen molar-refractivity contribution in [1.82, 2.24) is 0 Å². The van der Waals surface area contributed by atoms with Crippen LogP contribution in [0.15, 0.2) is 65.6 Å². The van der Waals surface area contributed by atoms with E-state index in [0.29, 0.717) is 0 Å². The molecule has 2 N–H and O–H groups in total. The maximum atomic E-state index is 13.7. The van der Waals surface area contributed by atoms with Crippen LogP contribution in [0.25, 0.3) is 0 Å². The zero-order chi connectivity index (χ0) is 25.0. The molecule has 10 heteroatoms. The number of amides is 1. The largest absolute Gasteiger partial charge is 0.449 e. The van der Waals surface area contributed by atoms with E-state index in [2.05, 4.69) is 10.0 Å². The van der Waals surface area contributed by atoms with Gasteiger partial charge in [0.15, 0.2) is 6.10 Å². The fourth-order valence-corrected chi connectivity index (χ4v) is 4.02. The van der Waals surface area contributed by atoms with E-state index < -0.39 is 39.6 Å². The van der Waals surface area contributed by atoms with Gasteiger partial charge in [-0.15, -0.1) is 0 Å². The summed E-state index contributed by atoms with van der Waals surface area (Å²) in [5, 5.41) is 2.16. The van der Waals surface area contributed by atoms with E-state index in [1.807, 2.05) is 13.8 Å². The van der Waals surface area contributed by atoms with Crippen LogP contribution in [-0.4, -0.2) is 26.4 Å². The van der Waals surface area contributed by atoms with Gasteiger partial charge in [-0.2, -0.15) is 0 Å². The summed E-state index contributed by atoms with van der Waals surface area (Å²) in [5.41, 5.74) is 1.70. The third kappa shape index (κ3) is 5.96. The lowest BCUT2D eigenvalue weighted by atomic mass is 10.1. The van der Waals surface area contributed by atoms with E-state index in [4.69, 9.17) is 4.74 Å². The predicted octanol–water partition coefficient (Wildman–Crippen LogP) is 4.57. The fourth-order valence-electron chi connectivity index (χ4n) is 2.88. The number of rotatable bonds is 7. The van der Waals surface area contributed by atoms with Gasteiger partial charge in [0.1, 0.15) is 11.6 Å². The van der Waals surface area contributed by atoms with E-state index in [9.17, 15) is 26.8 Å². The van der Waals surface area contributed by atoms with Gasteiger partial charge in [-0.3, -0.25) is 9.52 Å². The maximum Gasteiger partial charge on any atom is 0.338 e. The van der Waals surface area contributed by atoms with Crippen molar-refractivity contribution in [2.24, 2.45) is 0 Å². The predicted molar refractivity (Wildman–Crippen MR) is 123 cm³/mol. The first-order chi connectivity index (χ1) is 16.0. The Labute approximate surface area is 195 Å². The van der Waals surface area contributed by atoms with Crippen LogP contribution in [0.3, 0.4) is 0 Å². The van der Waals surface area contributed by atoms with Crippen LogP contribution in [-0.2, 0) is 19.6 Å². The molecule has 1 atom stereocenters. The number of anilines is 2. The van der Waals surface area contributed by atoms with Gasteiger partial charge in [0, 0.05) is 11.8 Å². The van der Waals surface area contributed by atoms with Crippen LogP contribution < -0.4 is 10.0 Å². The topological polar surface area (TPSA) is 102 Å². The monoisotopic (exact) mass is 488 g/mol. The Balaban J connectivity index is 1.63. The fraction of sp³-hybridized carbons (Fsp3) is 0.167. The molecule has 178 valence electrons. The van der Waals surface area contributed by atoms with Crippen molar-refractivity contribution < 1.29 is 31.5 Å². The number of carbonyl (C=O) groups is 2. The molecule has 34 heavy (non-hydrogen) atoms. The highest BCUT2D eigenvalue weighted by Crippen LogP contribution is 2.20. The number of aryl methyl sites for hydroxylation is 2. The number of sulfonamides is 1. The van der Waals surface area contributed by atoms with Crippen molar-refractivity contribution in [1.29, 1.82) is 0 Å². The minimum Gasteiger partial charge on any atom is -0.449 e. The second-order valence-electron chi connectivity index (χ2n) is 7.59. The van der Waals surface area contributed by atoms with E-state index in [1.165, 1.54) is 37.3 Å². The van der Waals surface area contributed by atoms with Gasteiger partial charge in [0.05, 0.1) is 16.1 Å². The van der Waals surface area contributed by atoms with Gasteiger partial charge in [-0.25, -0.2) is 22.0 Å². The minimum atomic E-state index is -3.83. The van der Waals surface area contributed by atoms with E-state index in [0.717, 1.165) is 29.3 Å². The molecule has 0 aromatic heterocycles. The molecule has 0 aliphatic heterocycles. The van der Waals surface area contributed by atoms with Crippen LogP contribution in [0.5, 0.6) is 0 Å². The number of carbonyl (C=O) groups excluding carboxylic acids is 2. The van der Waals surface area contributed by atoms with Crippen LogP contribution in [0.2, 0.25) is 0 Å². The van der Waals surface area contributed by atoms with Crippen LogP contribution in [0, 0.1) is 25.5 Å². The van der Waals surface area contributed by atoms with E-state index in [-0.39, 0.29) is 21.8 Å². The number of esters is 1. The first-order valence-electron chi connectivity index (χ1n) is 10.1. The molecule has 0 saturated heterocycles. The van der Waals surface area contributed by atoms with Gasteiger partial charge in [-0.05, 0) is 80.4 Å². The van der Waals surface area contributed by atoms with E-state index >= 15 is 0 Å². The highest BCUT2D eigenvalue weighted by Gasteiger charge is 2.21. The Bertz CT molecular complexity index is 1340. The maximum absolute atomic E-state index is 13.7. The zero-order valence-electron chi connectivity index (χ0n) is 18.6. The molecule has 0 bridgehead atoms. The van der Waals surface area contributed by atoms with Crippen LogP contribution in [0.4, 0.5) is 20.2 Å². The lowest BCUT2D eigenvalue weighted by molar-refractivity contribution is -0.123. The molecule has 0 aliphatic rings. The lowest BCUT2D eigenvalue weighted by Gasteiger charge is -2.14. The molecule has 1 amide bonds. The van der Waals surface area contributed by atoms with Crippen molar-refractivity contribution >= 4 is 33.3 Å². The smallest absolute Gasteiger partial charge is 0.338 e. The number of ether oxygens (including phenoxy) is 1. The van der Waals surface area contributed by atoms with Crippen molar-refractivity contribution in [3.63, 3.8) is 0 Å². The average molecular weight is 489 g/mol. The summed E-state index contributed by atoms with van der Waals surface area (Å²) < 4.78 is 59.6. The molecule has 1 unspecified atom stereocenters. The van der Waals surface area contributed by atoms with Gasteiger partial charge >= 0.3 is 5.97 Å². The lowest BCUT2D eigenvalue weighted by Crippen LogP contribution is -2.30. The molecule has 7 nitrogen and oxygen atoms in total. The van der Waals surface area contributed by atoms with Crippen molar-refractivity contribution in [2.45, 2.75) is 31.8 Å².